The molecular formula is C16H14Cl2FN3O2. The minimum absolute atomic E-state index is 0.00649. The lowest BCUT2D eigenvalue weighted by atomic mass is 10.2. The molecule has 2 aromatic rings. The molecule has 0 unspecified atom stereocenters. The van der Waals surface area contributed by atoms with E-state index in [0.717, 1.165) is 12.8 Å². The Balaban J connectivity index is 2.04. The van der Waals surface area contributed by atoms with E-state index < -0.39 is 11.8 Å². The van der Waals surface area contributed by atoms with Crippen molar-refractivity contribution in [2.75, 3.05) is 19.0 Å². The summed E-state index contributed by atoms with van der Waals surface area (Å²) in [6.45, 7) is 0.700. The first-order valence-electron chi connectivity index (χ1n) is 7.34. The maximum Gasteiger partial charge on any atom is 0.358 e. The molecule has 1 aliphatic carbocycles. The molecule has 0 bridgehead atoms. The van der Waals surface area contributed by atoms with Crippen LogP contribution in [0.25, 0.3) is 11.4 Å². The van der Waals surface area contributed by atoms with Crippen molar-refractivity contribution < 1.29 is 13.9 Å². The van der Waals surface area contributed by atoms with Crippen molar-refractivity contribution in [3.8, 4) is 11.4 Å². The zero-order valence-corrected chi connectivity index (χ0v) is 14.3. The molecular weight excluding hydrogens is 356 g/mol. The number of nitrogens with zero attached hydrogens (tertiary/aromatic N) is 2. The van der Waals surface area contributed by atoms with Crippen molar-refractivity contribution in [1.29, 1.82) is 0 Å². The van der Waals surface area contributed by atoms with Crippen molar-refractivity contribution in [3.05, 3.63) is 39.8 Å². The summed E-state index contributed by atoms with van der Waals surface area (Å²) in [4.78, 5) is 20.4. The van der Waals surface area contributed by atoms with Crippen LogP contribution in [0.5, 0.6) is 0 Å². The van der Waals surface area contributed by atoms with Crippen LogP contribution < -0.4 is 5.32 Å². The fourth-order valence-electron chi connectivity index (χ4n) is 2.12. The second kappa shape index (κ2) is 6.91. The third-order valence-corrected chi connectivity index (χ3v) is 4.33. The van der Waals surface area contributed by atoms with Crippen LogP contribution in [0.1, 0.15) is 23.3 Å². The molecule has 0 saturated heterocycles. The summed E-state index contributed by atoms with van der Waals surface area (Å²) in [7, 11) is 1.24. The highest BCUT2D eigenvalue weighted by atomic mass is 35.5. The van der Waals surface area contributed by atoms with Crippen molar-refractivity contribution in [3.63, 3.8) is 0 Å². The number of rotatable bonds is 5. The van der Waals surface area contributed by atoms with E-state index in [0.29, 0.717) is 23.8 Å². The first-order chi connectivity index (χ1) is 11.5. The molecule has 0 atom stereocenters. The number of carbonyl (C=O) groups is 1. The van der Waals surface area contributed by atoms with Crippen molar-refractivity contribution >= 4 is 35.0 Å². The highest BCUT2D eigenvalue weighted by Gasteiger charge is 2.24. The summed E-state index contributed by atoms with van der Waals surface area (Å²) in [5.74, 6) is -0.223. The van der Waals surface area contributed by atoms with Crippen LogP contribution in [-0.2, 0) is 4.74 Å². The molecule has 24 heavy (non-hydrogen) atoms. The third kappa shape index (κ3) is 3.60. The molecule has 5 nitrogen and oxygen atoms in total. The van der Waals surface area contributed by atoms with Crippen LogP contribution in [0.4, 0.5) is 10.2 Å². The smallest absolute Gasteiger partial charge is 0.358 e. The van der Waals surface area contributed by atoms with Gasteiger partial charge in [0.1, 0.15) is 16.7 Å². The predicted molar refractivity (Wildman–Crippen MR) is 90.0 cm³/mol. The van der Waals surface area contributed by atoms with Crippen LogP contribution >= 0.6 is 23.2 Å². The Hall–Kier alpha value is -1.92. The van der Waals surface area contributed by atoms with Crippen LogP contribution in [0.2, 0.25) is 10.0 Å². The molecule has 1 aromatic carbocycles. The minimum Gasteiger partial charge on any atom is -0.464 e. The van der Waals surface area contributed by atoms with Gasteiger partial charge in [0.05, 0.1) is 12.1 Å². The monoisotopic (exact) mass is 369 g/mol. The minimum atomic E-state index is -0.687. The topological polar surface area (TPSA) is 64.1 Å². The summed E-state index contributed by atoms with van der Waals surface area (Å²) in [5.41, 5.74) is 0.311. The Kier molecular flexibility index (Phi) is 4.87. The van der Waals surface area contributed by atoms with Gasteiger partial charge in [-0.2, -0.15) is 0 Å². The van der Waals surface area contributed by atoms with E-state index in [4.69, 9.17) is 27.9 Å². The Labute approximate surface area is 148 Å². The number of carbonyl (C=O) groups excluding carboxylic acids is 1. The average Bonchev–Trinajstić information content (AvgIpc) is 3.40. The number of hydrogen-bond acceptors (Lipinski definition) is 5. The maximum atomic E-state index is 13.7. The first kappa shape index (κ1) is 16.9. The molecule has 1 heterocycles. The molecule has 1 aliphatic rings. The molecule has 1 N–H and O–H groups in total. The lowest BCUT2D eigenvalue weighted by Crippen LogP contribution is -2.12. The number of esters is 1. The van der Waals surface area contributed by atoms with E-state index in [1.807, 2.05) is 0 Å². The molecule has 0 aliphatic heterocycles. The van der Waals surface area contributed by atoms with E-state index in [1.54, 1.807) is 6.07 Å². The third-order valence-electron chi connectivity index (χ3n) is 3.66. The van der Waals surface area contributed by atoms with Gasteiger partial charge in [-0.15, -0.1) is 0 Å². The maximum absolute atomic E-state index is 13.7. The summed E-state index contributed by atoms with van der Waals surface area (Å²) in [5, 5.41) is 3.20. The fraction of sp³-hybridized carbons (Fsp3) is 0.312. The summed E-state index contributed by atoms with van der Waals surface area (Å²) in [6, 6.07) is 4.18. The predicted octanol–water partition coefficient (Wildman–Crippen LogP) is 4.20. The van der Waals surface area contributed by atoms with Gasteiger partial charge in [0.2, 0.25) is 0 Å². The quantitative estimate of drug-likeness (QED) is 0.800. The summed E-state index contributed by atoms with van der Waals surface area (Å²) >= 11 is 11.9. The van der Waals surface area contributed by atoms with E-state index in [2.05, 4.69) is 15.3 Å². The lowest BCUT2D eigenvalue weighted by molar-refractivity contribution is 0.0594. The van der Waals surface area contributed by atoms with Gasteiger partial charge >= 0.3 is 5.97 Å². The normalized spacial score (nSPS) is 13.7. The highest BCUT2D eigenvalue weighted by molar-refractivity contribution is 6.35. The number of nitrogens with one attached hydrogen (secondary N) is 1. The van der Waals surface area contributed by atoms with E-state index in [1.165, 1.54) is 19.2 Å². The molecule has 1 saturated carbocycles. The molecule has 126 valence electrons. The Morgan fingerprint density at radius 3 is 2.75 bits per heavy atom. The number of halogens is 3. The SMILES string of the molecule is COC(=O)c1nc(-c2ccc(Cl)c(F)c2)nc(NCC2CC2)c1Cl. The molecule has 1 fully saturated rings. The average molecular weight is 370 g/mol. The Morgan fingerprint density at radius 2 is 2.12 bits per heavy atom. The molecule has 8 heteroatoms. The zero-order valence-electron chi connectivity index (χ0n) is 12.8. The molecule has 0 radical (unpaired) electrons. The number of hydrogen-bond donors (Lipinski definition) is 1. The van der Waals surface area contributed by atoms with Crippen LogP contribution in [0.3, 0.4) is 0 Å². The van der Waals surface area contributed by atoms with E-state index in [9.17, 15) is 9.18 Å². The second-order valence-electron chi connectivity index (χ2n) is 5.50. The van der Waals surface area contributed by atoms with Gasteiger partial charge in [0.25, 0.3) is 0 Å². The number of aromatic nitrogens is 2. The van der Waals surface area contributed by atoms with Crippen molar-refractivity contribution in [1.82, 2.24) is 9.97 Å². The standard InChI is InChI=1S/C16H14Cl2FN3O2/c1-24-16(23)13-12(18)15(20-7-8-2-3-8)22-14(21-13)9-4-5-10(17)11(19)6-9/h4-6,8H,2-3,7H2,1H3,(H,20,21,22). The van der Waals surface area contributed by atoms with Gasteiger partial charge in [-0.25, -0.2) is 19.2 Å². The van der Waals surface area contributed by atoms with Gasteiger partial charge in [0.15, 0.2) is 11.5 Å². The first-order valence-corrected chi connectivity index (χ1v) is 8.10. The molecule has 0 spiro atoms. The van der Waals surface area contributed by atoms with Gasteiger partial charge < -0.3 is 10.1 Å². The van der Waals surface area contributed by atoms with Crippen molar-refractivity contribution in [2.45, 2.75) is 12.8 Å². The van der Waals surface area contributed by atoms with Crippen LogP contribution in [0, 0.1) is 11.7 Å². The molecule has 0 amide bonds. The largest absolute Gasteiger partial charge is 0.464 e. The fourth-order valence-corrected chi connectivity index (χ4v) is 2.47. The van der Waals surface area contributed by atoms with E-state index >= 15 is 0 Å². The number of benzene rings is 1. The van der Waals surface area contributed by atoms with Gasteiger partial charge in [-0.05, 0) is 37.0 Å². The van der Waals surface area contributed by atoms with Crippen LogP contribution in [0.15, 0.2) is 18.2 Å². The Morgan fingerprint density at radius 1 is 1.38 bits per heavy atom. The van der Waals surface area contributed by atoms with Gasteiger partial charge in [0, 0.05) is 12.1 Å². The summed E-state index contributed by atoms with van der Waals surface area (Å²) < 4.78 is 18.4. The molecule has 3 rings (SSSR count). The van der Waals surface area contributed by atoms with E-state index in [-0.39, 0.29) is 21.6 Å². The van der Waals surface area contributed by atoms with Crippen molar-refractivity contribution in [2.24, 2.45) is 5.92 Å². The highest BCUT2D eigenvalue weighted by Crippen LogP contribution is 2.32. The van der Waals surface area contributed by atoms with Gasteiger partial charge in [-0.3, -0.25) is 0 Å². The van der Waals surface area contributed by atoms with Gasteiger partial charge in [-0.1, -0.05) is 23.2 Å². The Bertz CT molecular complexity index is 797. The zero-order chi connectivity index (χ0) is 17.3. The molecule has 1 aromatic heterocycles. The lowest BCUT2D eigenvalue weighted by Gasteiger charge is -2.12. The summed E-state index contributed by atoms with van der Waals surface area (Å²) in [6.07, 6.45) is 2.30. The van der Waals surface area contributed by atoms with Crippen LogP contribution in [-0.4, -0.2) is 29.6 Å². The second-order valence-corrected chi connectivity index (χ2v) is 6.29. The number of ether oxygens (including phenoxy) is 1. The number of methoxy groups -OCH3 is 1. The number of anilines is 1.